The van der Waals surface area contributed by atoms with Gasteiger partial charge in [0.2, 0.25) is 0 Å². The minimum absolute atomic E-state index is 0.0171. The monoisotopic (exact) mass is 594 g/mol. The first-order valence-corrected chi connectivity index (χ1v) is 12.4. The zero-order valence-electron chi connectivity index (χ0n) is 21.5. The predicted octanol–water partition coefficient (Wildman–Crippen LogP) is 5.00. The molecule has 12 heteroatoms. The molecule has 1 aromatic rings. The SMILES string of the molecule is CCOC(=O)C(C)(COC(C)=O)COC(=O)OCC(F)(F)COC(=O)C(C)(C)CC(Br)c1ccccc1. The van der Waals surface area contributed by atoms with Gasteiger partial charge in [0, 0.05) is 11.8 Å². The molecule has 0 amide bonds. The number of benzene rings is 1. The maximum atomic E-state index is 14.2. The van der Waals surface area contributed by atoms with E-state index in [1.807, 2.05) is 30.3 Å². The molecule has 208 valence electrons. The lowest BCUT2D eigenvalue weighted by atomic mass is 9.86. The van der Waals surface area contributed by atoms with Crippen molar-refractivity contribution in [3.63, 3.8) is 0 Å². The van der Waals surface area contributed by atoms with Gasteiger partial charge in [-0.2, -0.15) is 8.78 Å². The van der Waals surface area contributed by atoms with Crippen molar-refractivity contribution in [3.05, 3.63) is 35.9 Å². The lowest BCUT2D eigenvalue weighted by Crippen LogP contribution is -2.41. The molecule has 0 N–H and O–H groups in total. The third kappa shape index (κ3) is 11.4. The Labute approximate surface area is 223 Å². The standard InChI is InChI=1S/C25H33BrF2O9/c1-6-33-21(31)24(5,13-34-17(2)29)14-36-22(32)37-16-25(27,28)15-35-20(30)23(3,4)12-19(26)18-10-8-7-9-11-18/h7-11,19H,6,12-16H2,1-5H3. The maximum absolute atomic E-state index is 14.2. The molecule has 2 unspecified atom stereocenters. The van der Waals surface area contributed by atoms with Gasteiger partial charge in [-0.05, 0) is 39.7 Å². The number of hydrogen-bond donors (Lipinski definition) is 0. The van der Waals surface area contributed by atoms with Crippen molar-refractivity contribution in [2.75, 3.05) is 33.0 Å². The molecule has 0 saturated carbocycles. The zero-order valence-corrected chi connectivity index (χ0v) is 23.1. The first-order valence-electron chi connectivity index (χ1n) is 11.5. The Kier molecular flexibility index (Phi) is 12.4. The largest absolute Gasteiger partial charge is 0.508 e. The average molecular weight is 595 g/mol. The molecule has 9 nitrogen and oxygen atoms in total. The molecular formula is C25H33BrF2O9. The smallest absolute Gasteiger partial charge is 0.465 e. The number of alkyl halides is 3. The third-order valence-electron chi connectivity index (χ3n) is 5.09. The first kappa shape index (κ1) is 32.3. The summed E-state index contributed by atoms with van der Waals surface area (Å²) in [5.41, 5.74) is -1.73. The van der Waals surface area contributed by atoms with E-state index >= 15 is 0 Å². The molecular weight excluding hydrogens is 562 g/mol. The molecule has 0 aliphatic carbocycles. The van der Waals surface area contributed by atoms with Crippen molar-refractivity contribution < 1.29 is 51.6 Å². The number of rotatable bonds is 14. The molecule has 0 heterocycles. The van der Waals surface area contributed by atoms with E-state index < -0.39 is 67.2 Å². The maximum Gasteiger partial charge on any atom is 0.508 e. The second-order valence-corrected chi connectivity index (χ2v) is 10.4. The summed E-state index contributed by atoms with van der Waals surface area (Å²) in [5, 5.41) is 0. The van der Waals surface area contributed by atoms with Crippen LogP contribution in [0, 0.1) is 10.8 Å². The summed E-state index contributed by atoms with van der Waals surface area (Å²) in [6, 6.07) is 9.29. The van der Waals surface area contributed by atoms with Crippen molar-refractivity contribution in [3.8, 4) is 0 Å². The minimum atomic E-state index is -3.69. The van der Waals surface area contributed by atoms with Gasteiger partial charge >= 0.3 is 30.0 Å². The molecule has 0 aliphatic heterocycles. The van der Waals surface area contributed by atoms with Crippen LogP contribution in [0.2, 0.25) is 0 Å². The Hall–Kier alpha value is -2.76. The van der Waals surface area contributed by atoms with E-state index in [2.05, 4.69) is 20.7 Å². The molecule has 0 fully saturated rings. The highest BCUT2D eigenvalue weighted by Gasteiger charge is 2.40. The summed E-state index contributed by atoms with van der Waals surface area (Å²) in [7, 11) is 0. The van der Waals surface area contributed by atoms with Crippen molar-refractivity contribution in [2.45, 2.75) is 51.8 Å². The third-order valence-corrected chi connectivity index (χ3v) is 5.94. The van der Waals surface area contributed by atoms with Crippen molar-refractivity contribution >= 4 is 40.0 Å². The van der Waals surface area contributed by atoms with Gasteiger partial charge in [0.15, 0.2) is 13.2 Å². The second-order valence-electron chi connectivity index (χ2n) is 9.29. The topological polar surface area (TPSA) is 114 Å². The zero-order chi connectivity index (χ0) is 28.3. The average Bonchev–Trinajstić information content (AvgIpc) is 2.84. The molecule has 1 aromatic carbocycles. The molecule has 0 saturated heterocycles. The van der Waals surface area contributed by atoms with E-state index in [9.17, 15) is 28.0 Å². The Bertz CT molecular complexity index is 924. The minimum Gasteiger partial charge on any atom is -0.465 e. The van der Waals surface area contributed by atoms with Gasteiger partial charge in [-0.1, -0.05) is 46.3 Å². The van der Waals surface area contributed by atoms with E-state index in [-0.39, 0.29) is 17.9 Å². The van der Waals surface area contributed by atoms with Crippen LogP contribution < -0.4 is 0 Å². The summed E-state index contributed by atoms with van der Waals surface area (Å²) in [6.45, 7) is 3.31. The Morgan fingerprint density at radius 2 is 1.38 bits per heavy atom. The Morgan fingerprint density at radius 3 is 1.95 bits per heavy atom. The van der Waals surface area contributed by atoms with E-state index in [4.69, 9.17) is 18.9 Å². The highest BCUT2D eigenvalue weighted by Crippen LogP contribution is 2.37. The van der Waals surface area contributed by atoms with Crippen molar-refractivity contribution in [1.29, 1.82) is 0 Å². The quantitative estimate of drug-likeness (QED) is 0.167. The summed E-state index contributed by atoms with van der Waals surface area (Å²) >= 11 is 3.50. The fraction of sp³-hybridized carbons (Fsp3) is 0.600. The van der Waals surface area contributed by atoms with Crippen molar-refractivity contribution in [2.24, 2.45) is 10.8 Å². The van der Waals surface area contributed by atoms with Gasteiger partial charge in [-0.15, -0.1) is 0 Å². The van der Waals surface area contributed by atoms with E-state index in [1.54, 1.807) is 20.8 Å². The van der Waals surface area contributed by atoms with Crippen LogP contribution in [-0.2, 0) is 38.1 Å². The second kappa shape index (κ2) is 14.3. The first-order chi connectivity index (χ1) is 17.1. The van der Waals surface area contributed by atoms with Crippen molar-refractivity contribution in [1.82, 2.24) is 0 Å². The number of carbonyl (C=O) groups is 4. The molecule has 0 aliphatic rings. The lowest BCUT2D eigenvalue weighted by Gasteiger charge is -2.27. The highest BCUT2D eigenvalue weighted by molar-refractivity contribution is 9.09. The van der Waals surface area contributed by atoms with Crippen LogP contribution >= 0.6 is 15.9 Å². The number of halogens is 3. The predicted molar refractivity (Wildman–Crippen MR) is 131 cm³/mol. The van der Waals surface area contributed by atoms with Gasteiger partial charge in [-0.3, -0.25) is 14.4 Å². The van der Waals surface area contributed by atoms with Crippen LogP contribution in [0.25, 0.3) is 0 Å². The van der Waals surface area contributed by atoms with E-state index in [1.165, 1.54) is 6.92 Å². The molecule has 0 spiro atoms. The summed E-state index contributed by atoms with van der Waals surface area (Å²) in [4.78, 5) is 47.4. The molecule has 0 radical (unpaired) electrons. The fourth-order valence-corrected chi connectivity index (χ4v) is 3.98. The van der Waals surface area contributed by atoms with Crippen LogP contribution in [0.1, 0.15) is 51.4 Å². The lowest BCUT2D eigenvalue weighted by molar-refractivity contribution is -0.170. The molecule has 37 heavy (non-hydrogen) atoms. The Morgan fingerprint density at radius 1 is 0.838 bits per heavy atom. The van der Waals surface area contributed by atoms with E-state index in [0.29, 0.717) is 0 Å². The summed E-state index contributed by atoms with van der Waals surface area (Å²) in [6.07, 6.45) is -1.20. The van der Waals surface area contributed by atoms with Crippen LogP contribution in [0.4, 0.5) is 13.6 Å². The number of hydrogen-bond acceptors (Lipinski definition) is 9. The summed E-state index contributed by atoms with van der Waals surface area (Å²) < 4.78 is 52.2. The van der Waals surface area contributed by atoms with E-state index in [0.717, 1.165) is 12.5 Å². The van der Waals surface area contributed by atoms with Crippen LogP contribution in [0.5, 0.6) is 0 Å². The Balaban J connectivity index is 2.57. The fourth-order valence-electron chi connectivity index (χ4n) is 2.87. The summed E-state index contributed by atoms with van der Waals surface area (Å²) in [5.74, 6) is -6.03. The van der Waals surface area contributed by atoms with Crippen LogP contribution in [0.3, 0.4) is 0 Å². The highest BCUT2D eigenvalue weighted by atomic mass is 79.9. The molecule has 0 aromatic heterocycles. The number of ether oxygens (including phenoxy) is 5. The van der Waals surface area contributed by atoms with Crippen LogP contribution in [0.15, 0.2) is 30.3 Å². The molecule has 2 atom stereocenters. The van der Waals surface area contributed by atoms with Gasteiger partial charge < -0.3 is 23.7 Å². The van der Waals surface area contributed by atoms with Gasteiger partial charge in [0.25, 0.3) is 0 Å². The molecule has 1 rings (SSSR count). The van der Waals surface area contributed by atoms with Crippen LogP contribution in [-0.4, -0.2) is 63.0 Å². The number of carbonyl (C=O) groups excluding carboxylic acids is 4. The van der Waals surface area contributed by atoms with Gasteiger partial charge in [-0.25, -0.2) is 4.79 Å². The van der Waals surface area contributed by atoms with Gasteiger partial charge in [0.1, 0.15) is 18.6 Å². The number of esters is 3. The van der Waals surface area contributed by atoms with Gasteiger partial charge in [0.05, 0.1) is 12.0 Å². The normalized spacial score (nSPS) is 14.1. The molecule has 0 bridgehead atoms.